The van der Waals surface area contributed by atoms with Crippen LogP contribution in [0.1, 0.15) is 12.5 Å². The Bertz CT molecular complexity index is 749. The van der Waals surface area contributed by atoms with E-state index >= 15 is 0 Å². The van der Waals surface area contributed by atoms with Crippen molar-refractivity contribution >= 4 is 17.3 Å². The number of hydrogen-bond acceptors (Lipinski definition) is 4. The number of anilines is 1. The van der Waals surface area contributed by atoms with Gasteiger partial charge in [0, 0.05) is 11.6 Å². The van der Waals surface area contributed by atoms with E-state index in [1.165, 1.54) is 25.3 Å². The lowest BCUT2D eigenvalue weighted by Gasteiger charge is -2.21. The molecule has 2 aromatic rings. The van der Waals surface area contributed by atoms with Crippen LogP contribution >= 0.6 is 0 Å². The standard InChI is InChI=1S/C18H21N3O4/c1-13(20(2)12-14-7-5-4-6-8-14)18(22)19-16-10-9-15(21(23)24)11-17(16)25-3/h4-11,13H,12H2,1-3H3,(H,19,22)/p+1/t13-/m0/s1. The summed E-state index contributed by atoms with van der Waals surface area (Å²) in [7, 11) is 3.36. The van der Waals surface area contributed by atoms with Crippen LogP contribution in [0.4, 0.5) is 11.4 Å². The fourth-order valence-electron chi connectivity index (χ4n) is 2.43. The van der Waals surface area contributed by atoms with E-state index in [9.17, 15) is 14.9 Å². The highest BCUT2D eigenvalue weighted by molar-refractivity contribution is 5.95. The van der Waals surface area contributed by atoms with E-state index in [1.54, 1.807) is 0 Å². The Kier molecular flexibility index (Phi) is 6.08. The van der Waals surface area contributed by atoms with Crippen molar-refractivity contribution in [3.8, 4) is 5.75 Å². The molecule has 0 aliphatic carbocycles. The summed E-state index contributed by atoms with van der Waals surface area (Å²) in [5, 5.41) is 13.6. The van der Waals surface area contributed by atoms with Gasteiger partial charge in [0.2, 0.25) is 0 Å². The maximum atomic E-state index is 12.5. The second-order valence-corrected chi connectivity index (χ2v) is 5.86. The van der Waals surface area contributed by atoms with Crippen molar-refractivity contribution in [3.05, 3.63) is 64.2 Å². The lowest BCUT2D eigenvalue weighted by atomic mass is 10.2. The molecule has 2 N–H and O–H groups in total. The van der Waals surface area contributed by atoms with Gasteiger partial charge in [-0.05, 0) is 13.0 Å². The Morgan fingerprint density at radius 2 is 1.96 bits per heavy atom. The second kappa shape index (κ2) is 8.25. The average molecular weight is 344 g/mol. The van der Waals surface area contributed by atoms with Crippen LogP contribution < -0.4 is 15.0 Å². The number of nitro benzene ring substituents is 1. The number of amides is 1. The highest BCUT2D eigenvalue weighted by Crippen LogP contribution is 2.28. The van der Waals surface area contributed by atoms with E-state index in [-0.39, 0.29) is 23.4 Å². The molecule has 0 bridgehead atoms. The molecule has 1 unspecified atom stereocenters. The Labute approximate surface area is 146 Å². The number of quaternary nitrogens is 1. The van der Waals surface area contributed by atoms with Crippen molar-refractivity contribution in [1.82, 2.24) is 0 Å². The van der Waals surface area contributed by atoms with Gasteiger partial charge in [0.25, 0.3) is 11.6 Å². The molecule has 0 saturated carbocycles. The van der Waals surface area contributed by atoms with E-state index in [1.807, 2.05) is 44.3 Å². The summed E-state index contributed by atoms with van der Waals surface area (Å²) >= 11 is 0. The van der Waals surface area contributed by atoms with Gasteiger partial charge in [-0.25, -0.2) is 0 Å². The largest absolute Gasteiger partial charge is 0.494 e. The molecular weight excluding hydrogens is 322 g/mol. The number of carbonyl (C=O) groups is 1. The van der Waals surface area contributed by atoms with Gasteiger partial charge in [-0.2, -0.15) is 0 Å². The molecule has 1 amide bonds. The summed E-state index contributed by atoms with van der Waals surface area (Å²) in [5.74, 6) is 0.0797. The molecular formula is C18H22N3O4+. The zero-order chi connectivity index (χ0) is 18.4. The molecule has 7 nitrogen and oxygen atoms in total. The Morgan fingerprint density at radius 3 is 2.56 bits per heavy atom. The highest BCUT2D eigenvalue weighted by Gasteiger charge is 2.23. The number of nitrogens with one attached hydrogen (secondary N) is 2. The zero-order valence-corrected chi connectivity index (χ0v) is 14.5. The number of likely N-dealkylation sites (N-methyl/N-ethyl adjacent to an activating group) is 1. The van der Waals surface area contributed by atoms with E-state index in [4.69, 9.17) is 4.74 Å². The van der Waals surface area contributed by atoms with Gasteiger partial charge < -0.3 is 15.0 Å². The summed E-state index contributed by atoms with van der Waals surface area (Å²) in [6.07, 6.45) is 0. The number of non-ortho nitro benzene ring substituents is 1. The molecule has 7 heteroatoms. The van der Waals surface area contributed by atoms with Crippen molar-refractivity contribution in [3.63, 3.8) is 0 Å². The average Bonchev–Trinajstić information content (AvgIpc) is 2.61. The Morgan fingerprint density at radius 1 is 1.28 bits per heavy atom. The minimum absolute atomic E-state index is 0.0882. The molecule has 2 aromatic carbocycles. The van der Waals surface area contributed by atoms with E-state index in [0.29, 0.717) is 12.2 Å². The summed E-state index contributed by atoms with van der Waals surface area (Å²) in [4.78, 5) is 23.9. The number of rotatable bonds is 7. The van der Waals surface area contributed by atoms with Crippen LogP contribution in [0, 0.1) is 10.1 Å². The molecule has 0 aromatic heterocycles. The summed E-state index contributed by atoms with van der Waals surface area (Å²) < 4.78 is 5.15. The van der Waals surface area contributed by atoms with Crippen molar-refractivity contribution in [2.24, 2.45) is 0 Å². The molecule has 2 atom stereocenters. The molecule has 132 valence electrons. The van der Waals surface area contributed by atoms with Crippen molar-refractivity contribution in [2.75, 3.05) is 19.5 Å². The topological polar surface area (TPSA) is 85.9 Å². The molecule has 25 heavy (non-hydrogen) atoms. The number of nitro groups is 1. The Balaban J connectivity index is 2.06. The third-order valence-electron chi connectivity index (χ3n) is 4.11. The van der Waals surface area contributed by atoms with E-state index < -0.39 is 4.92 Å². The first-order valence-electron chi connectivity index (χ1n) is 7.92. The van der Waals surface area contributed by atoms with Gasteiger partial charge >= 0.3 is 0 Å². The fraction of sp³-hybridized carbons (Fsp3) is 0.278. The van der Waals surface area contributed by atoms with Crippen molar-refractivity contribution < 1.29 is 19.4 Å². The van der Waals surface area contributed by atoms with E-state index in [2.05, 4.69) is 5.32 Å². The fourth-order valence-corrected chi connectivity index (χ4v) is 2.43. The smallest absolute Gasteiger partial charge is 0.282 e. The second-order valence-electron chi connectivity index (χ2n) is 5.86. The molecule has 0 fully saturated rings. The molecule has 2 rings (SSSR count). The number of ether oxygens (including phenoxy) is 1. The van der Waals surface area contributed by atoms with Crippen LogP contribution in [-0.4, -0.2) is 31.0 Å². The predicted octanol–water partition coefficient (Wildman–Crippen LogP) is 1.65. The monoisotopic (exact) mass is 344 g/mol. The van der Waals surface area contributed by atoms with Crippen LogP contribution in [0.15, 0.2) is 48.5 Å². The van der Waals surface area contributed by atoms with Gasteiger partial charge in [-0.1, -0.05) is 30.3 Å². The predicted molar refractivity (Wildman–Crippen MR) is 94.8 cm³/mol. The molecule has 0 aliphatic rings. The number of benzene rings is 2. The van der Waals surface area contributed by atoms with Crippen molar-refractivity contribution in [2.45, 2.75) is 19.5 Å². The zero-order valence-electron chi connectivity index (χ0n) is 14.5. The third kappa shape index (κ3) is 4.77. The van der Waals surface area contributed by atoms with Gasteiger partial charge in [0.05, 0.1) is 30.8 Å². The normalized spacial score (nSPS) is 12.9. The first-order chi connectivity index (χ1) is 11.9. The number of methoxy groups -OCH3 is 1. The van der Waals surface area contributed by atoms with Gasteiger partial charge in [-0.3, -0.25) is 14.9 Å². The molecule has 0 spiro atoms. The molecule has 0 saturated heterocycles. The molecule has 0 heterocycles. The number of carbonyl (C=O) groups excluding carboxylic acids is 1. The van der Waals surface area contributed by atoms with Crippen LogP contribution in [-0.2, 0) is 11.3 Å². The summed E-state index contributed by atoms with van der Waals surface area (Å²) in [5.41, 5.74) is 1.47. The number of hydrogen-bond donors (Lipinski definition) is 2. The third-order valence-corrected chi connectivity index (χ3v) is 4.11. The first-order valence-corrected chi connectivity index (χ1v) is 7.92. The SMILES string of the molecule is COc1cc([N+](=O)[O-])ccc1NC(=O)[C@H](C)[NH+](C)Cc1ccccc1. The maximum Gasteiger partial charge on any atom is 0.282 e. The van der Waals surface area contributed by atoms with Gasteiger partial charge in [0.15, 0.2) is 6.04 Å². The van der Waals surface area contributed by atoms with Crippen LogP contribution in [0.2, 0.25) is 0 Å². The molecule has 0 aliphatic heterocycles. The Hall–Kier alpha value is -2.93. The van der Waals surface area contributed by atoms with Crippen LogP contribution in [0.25, 0.3) is 0 Å². The van der Waals surface area contributed by atoms with Gasteiger partial charge in [0.1, 0.15) is 12.3 Å². The quantitative estimate of drug-likeness (QED) is 0.591. The maximum absolute atomic E-state index is 12.5. The number of nitrogens with zero attached hydrogens (tertiary/aromatic N) is 1. The summed E-state index contributed by atoms with van der Waals surface area (Å²) in [6.45, 7) is 2.55. The lowest BCUT2D eigenvalue weighted by Crippen LogP contribution is -3.12. The minimum Gasteiger partial charge on any atom is -0.494 e. The summed E-state index contributed by atoms with van der Waals surface area (Å²) in [6, 6.07) is 13.7. The molecule has 0 radical (unpaired) electrons. The minimum atomic E-state index is -0.505. The highest BCUT2D eigenvalue weighted by atomic mass is 16.6. The van der Waals surface area contributed by atoms with Crippen LogP contribution in [0.5, 0.6) is 5.75 Å². The van der Waals surface area contributed by atoms with E-state index in [0.717, 1.165) is 10.5 Å². The first kappa shape index (κ1) is 18.4. The van der Waals surface area contributed by atoms with Gasteiger partial charge in [-0.15, -0.1) is 0 Å². The lowest BCUT2D eigenvalue weighted by molar-refractivity contribution is -0.907. The van der Waals surface area contributed by atoms with Crippen molar-refractivity contribution in [1.29, 1.82) is 0 Å². The van der Waals surface area contributed by atoms with Crippen LogP contribution in [0.3, 0.4) is 0 Å².